The molecule has 36 heavy (non-hydrogen) atoms. The van der Waals surface area contributed by atoms with Crippen LogP contribution < -0.4 is 14.2 Å². The van der Waals surface area contributed by atoms with Gasteiger partial charge >= 0.3 is 6.18 Å². The minimum absolute atomic E-state index is 0.0776. The Balaban J connectivity index is 1.28. The number of ether oxygens (including phenoxy) is 3. The van der Waals surface area contributed by atoms with E-state index in [2.05, 4.69) is 11.0 Å². The molecule has 0 N–H and O–H groups in total. The van der Waals surface area contributed by atoms with Crippen molar-refractivity contribution in [1.29, 1.82) is 0 Å². The number of alkyl halides is 3. The average Bonchev–Trinajstić information content (AvgIpc) is 2.90. The van der Waals surface area contributed by atoms with E-state index in [1.807, 2.05) is 42.5 Å². The van der Waals surface area contributed by atoms with Crippen LogP contribution in [-0.4, -0.2) is 37.7 Å². The SMILES string of the molecule is COc1cccc2c1OC(CN1CCC(Oc3ccc(C(F)(F)F)cc3)(c3ccccc3)CC1)CC2. The molecular weight excluding hydrogens is 467 g/mol. The van der Waals surface area contributed by atoms with E-state index in [1.165, 1.54) is 17.7 Å². The van der Waals surface area contributed by atoms with Crippen LogP contribution in [-0.2, 0) is 18.2 Å². The molecule has 1 saturated heterocycles. The Hall–Kier alpha value is -3.19. The summed E-state index contributed by atoms with van der Waals surface area (Å²) in [5.74, 6) is 2.06. The maximum absolute atomic E-state index is 13.0. The fourth-order valence-electron chi connectivity index (χ4n) is 5.24. The quantitative estimate of drug-likeness (QED) is 0.390. The predicted molar refractivity (Wildman–Crippen MR) is 132 cm³/mol. The van der Waals surface area contributed by atoms with Gasteiger partial charge in [-0.2, -0.15) is 13.2 Å². The zero-order valence-electron chi connectivity index (χ0n) is 20.3. The van der Waals surface area contributed by atoms with Crippen LogP contribution in [0.15, 0.2) is 72.8 Å². The molecule has 0 aliphatic carbocycles. The molecule has 1 fully saturated rings. The molecule has 0 aromatic heterocycles. The molecule has 3 aromatic carbocycles. The molecule has 0 radical (unpaired) electrons. The van der Waals surface area contributed by atoms with Gasteiger partial charge in [-0.1, -0.05) is 42.5 Å². The van der Waals surface area contributed by atoms with Crippen molar-refractivity contribution in [2.75, 3.05) is 26.7 Å². The second-order valence-electron chi connectivity index (χ2n) is 9.51. The van der Waals surface area contributed by atoms with Gasteiger partial charge in [0.15, 0.2) is 11.5 Å². The van der Waals surface area contributed by atoms with Crippen molar-refractivity contribution in [3.8, 4) is 17.2 Å². The van der Waals surface area contributed by atoms with Crippen molar-refractivity contribution < 1.29 is 27.4 Å². The maximum Gasteiger partial charge on any atom is 0.416 e. The minimum Gasteiger partial charge on any atom is -0.493 e. The summed E-state index contributed by atoms with van der Waals surface area (Å²) in [4.78, 5) is 2.39. The van der Waals surface area contributed by atoms with E-state index in [1.54, 1.807) is 7.11 Å². The summed E-state index contributed by atoms with van der Waals surface area (Å²) >= 11 is 0. The fourth-order valence-corrected chi connectivity index (χ4v) is 5.24. The van der Waals surface area contributed by atoms with E-state index in [-0.39, 0.29) is 6.10 Å². The average molecular weight is 498 g/mol. The first-order valence-electron chi connectivity index (χ1n) is 12.3. The molecule has 5 rings (SSSR count). The largest absolute Gasteiger partial charge is 0.493 e. The van der Waals surface area contributed by atoms with E-state index in [4.69, 9.17) is 14.2 Å². The van der Waals surface area contributed by atoms with E-state index in [0.717, 1.165) is 74.5 Å². The van der Waals surface area contributed by atoms with Crippen molar-refractivity contribution in [3.05, 3.63) is 89.5 Å². The van der Waals surface area contributed by atoms with E-state index < -0.39 is 17.3 Å². The topological polar surface area (TPSA) is 30.9 Å². The summed E-state index contributed by atoms with van der Waals surface area (Å²) in [6.07, 6.45) is -0.936. The monoisotopic (exact) mass is 497 g/mol. The molecule has 1 atom stereocenters. The lowest BCUT2D eigenvalue weighted by atomic mass is 9.83. The first kappa shape index (κ1) is 24.5. The third-order valence-corrected chi connectivity index (χ3v) is 7.22. The molecule has 190 valence electrons. The van der Waals surface area contributed by atoms with E-state index >= 15 is 0 Å². The van der Waals surface area contributed by atoms with Gasteiger partial charge in [-0.25, -0.2) is 0 Å². The van der Waals surface area contributed by atoms with Crippen molar-refractivity contribution in [1.82, 2.24) is 4.90 Å². The summed E-state index contributed by atoms with van der Waals surface area (Å²) in [7, 11) is 1.66. The highest BCUT2D eigenvalue weighted by molar-refractivity contribution is 5.47. The Labute approximate surface area is 209 Å². The van der Waals surface area contributed by atoms with Crippen molar-refractivity contribution in [2.24, 2.45) is 0 Å². The van der Waals surface area contributed by atoms with Crippen molar-refractivity contribution >= 4 is 0 Å². The summed E-state index contributed by atoms with van der Waals surface area (Å²) in [5.41, 5.74) is 0.944. The number of benzene rings is 3. The zero-order valence-corrected chi connectivity index (χ0v) is 20.3. The Morgan fingerprint density at radius 3 is 2.33 bits per heavy atom. The number of likely N-dealkylation sites (tertiary alicyclic amines) is 1. The molecule has 2 heterocycles. The molecule has 2 aliphatic rings. The van der Waals surface area contributed by atoms with Crippen LogP contribution in [0.25, 0.3) is 0 Å². The lowest BCUT2D eigenvalue weighted by molar-refractivity contribution is -0.137. The Morgan fingerprint density at radius 1 is 0.944 bits per heavy atom. The first-order valence-corrected chi connectivity index (χ1v) is 12.3. The molecule has 0 spiro atoms. The van der Waals surface area contributed by atoms with Crippen LogP contribution in [0.5, 0.6) is 17.2 Å². The van der Waals surface area contributed by atoms with Crippen LogP contribution in [0.1, 0.15) is 36.0 Å². The van der Waals surface area contributed by atoms with Crippen LogP contribution in [0, 0.1) is 0 Å². The summed E-state index contributed by atoms with van der Waals surface area (Å²) in [6, 6.07) is 21.0. The molecule has 0 bridgehead atoms. The number of aryl methyl sites for hydroxylation is 1. The van der Waals surface area contributed by atoms with Gasteiger partial charge in [-0.3, -0.25) is 4.90 Å². The Bertz CT molecular complexity index is 1140. The normalized spacial score (nSPS) is 19.7. The predicted octanol–water partition coefficient (Wildman–Crippen LogP) is 6.48. The first-order chi connectivity index (χ1) is 17.4. The second kappa shape index (κ2) is 10.1. The number of halogens is 3. The summed E-state index contributed by atoms with van der Waals surface area (Å²) in [5, 5.41) is 0. The summed E-state index contributed by atoms with van der Waals surface area (Å²) < 4.78 is 57.3. The smallest absolute Gasteiger partial charge is 0.416 e. The molecule has 0 saturated carbocycles. The van der Waals surface area contributed by atoms with Crippen LogP contribution in [0.2, 0.25) is 0 Å². The van der Waals surface area contributed by atoms with Gasteiger partial charge in [-0.15, -0.1) is 0 Å². The van der Waals surface area contributed by atoms with Gasteiger partial charge in [0.25, 0.3) is 0 Å². The molecule has 3 aromatic rings. The van der Waals surface area contributed by atoms with Gasteiger partial charge in [0.1, 0.15) is 17.5 Å². The second-order valence-corrected chi connectivity index (χ2v) is 9.51. The Kier molecular flexibility index (Phi) is 6.84. The number of hydrogen-bond donors (Lipinski definition) is 0. The number of para-hydroxylation sites is 1. The standard InChI is InChI=1S/C29H30F3NO3/c1-34-26-9-5-6-21-10-13-25(35-27(21)26)20-33-18-16-28(17-19-33,22-7-3-2-4-8-22)36-24-14-11-23(12-15-24)29(30,31)32/h2-9,11-12,14-15,25H,10,13,16-20H2,1H3. The van der Waals surface area contributed by atoms with Gasteiger partial charge < -0.3 is 14.2 Å². The number of rotatable bonds is 6. The molecule has 1 unspecified atom stereocenters. The lowest BCUT2D eigenvalue weighted by Crippen LogP contribution is -2.49. The van der Waals surface area contributed by atoms with E-state index in [0.29, 0.717) is 5.75 Å². The van der Waals surface area contributed by atoms with Gasteiger partial charge in [0.2, 0.25) is 0 Å². The lowest BCUT2D eigenvalue weighted by Gasteiger charge is -2.43. The van der Waals surface area contributed by atoms with Crippen LogP contribution in [0.4, 0.5) is 13.2 Å². The minimum atomic E-state index is -4.37. The zero-order chi connectivity index (χ0) is 25.2. The highest BCUT2D eigenvalue weighted by Crippen LogP contribution is 2.40. The van der Waals surface area contributed by atoms with Crippen molar-refractivity contribution in [3.63, 3.8) is 0 Å². The fraction of sp³-hybridized carbons (Fsp3) is 0.379. The summed E-state index contributed by atoms with van der Waals surface area (Å²) in [6.45, 7) is 2.41. The third-order valence-electron chi connectivity index (χ3n) is 7.22. The molecule has 2 aliphatic heterocycles. The number of fused-ring (bicyclic) bond motifs is 1. The van der Waals surface area contributed by atoms with E-state index in [9.17, 15) is 13.2 Å². The molecule has 4 nitrogen and oxygen atoms in total. The maximum atomic E-state index is 13.0. The van der Waals surface area contributed by atoms with Crippen molar-refractivity contribution in [2.45, 2.75) is 43.6 Å². The number of nitrogens with zero attached hydrogens (tertiary/aromatic N) is 1. The van der Waals surface area contributed by atoms with Gasteiger partial charge in [0, 0.05) is 32.5 Å². The van der Waals surface area contributed by atoms with Crippen LogP contribution >= 0.6 is 0 Å². The van der Waals surface area contributed by atoms with Gasteiger partial charge in [-0.05, 0) is 54.3 Å². The highest BCUT2D eigenvalue weighted by atomic mass is 19.4. The highest BCUT2D eigenvalue weighted by Gasteiger charge is 2.39. The molecular formula is C29H30F3NO3. The molecule has 0 amide bonds. The van der Waals surface area contributed by atoms with Gasteiger partial charge in [0.05, 0.1) is 12.7 Å². The third kappa shape index (κ3) is 5.16. The number of piperidine rings is 1. The number of methoxy groups -OCH3 is 1. The van der Waals surface area contributed by atoms with Crippen LogP contribution in [0.3, 0.4) is 0 Å². The Morgan fingerprint density at radius 2 is 1.67 bits per heavy atom. The molecule has 7 heteroatoms. The number of hydrogen-bond acceptors (Lipinski definition) is 4.